The van der Waals surface area contributed by atoms with Crippen LogP contribution in [-0.4, -0.2) is 23.9 Å². The molecule has 2 aromatic heterocycles. The molecule has 1 radical (unpaired) electrons. The van der Waals surface area contributed by atoms with Crippen molar-refractivity contribution in [3.63, 3.8) is 0 Å². The number of aliphatic hydroxyl groups excluding tert-OH is 1. The molecule has 0 bridgehead atoms. The molecule has 52 heavy (non-hydrogen) atoms. The molecule has 281 valence electrons. The monoisotopic (exact) mass is 911 g/mol. The van der Waals surface area contributed by atoms with Crippen molar-refractivity contribution in [3.05, 3.63) is 102 Å². The molecule has 5 aromatic rings. The van der Waals surface area contributed by atoms with Gasteiger partial charge in [-0.25, -0.2) is 0 Å². The largest absolute Gasteiger partial charge is 0.512 e. The molecular weight excluding hydrogens is 851 g/mol. The zero-order valence-electron chi connectivity index (χ0n) is 33.3. The third-order valence-corrected chi connectivity index (χ3v) is 19.0. The van der Waals surface area contributed by atoms with Gasteiger partial charge in [-0.2, -0.15) is 11.3 Å². The van der Waals surface area contributed by atoms with Crippen molar-refractivity contribution in [1.29, 1.82) is 0 Å². The number of ketones is 1. The Balaban J connectivity index is 0.000000389. The van der Waals surface area contributed by atoms with Crippen molar-refractivity contribution < 1.29 is 30.0 Å². The van der Waals surface area contributed by atoms with E-state index in [0.717, 1.165) is 42.3 Å². The Morgan fingerprint density at radius 2 is 1.42 bits per heavy atom. The van der Waals surface area contributed by atoms with Gasteiger partial charge in [-0.3, -0.25) is 9.78 Å². The fourth-order valence-electron chi connectivity index (χ4n) is 7.88. The first kappa shape index (κ1) is 43.5. The van der Waals surface area contributed by atoms with E-state index in [0.29, 0.717) is 11.1 Å². The summed E-state index contributed by atoms with van der Waals surface area (Å²) in [6.45, 7) is 24.7. The summed E-state index contributed by atoms with van der Waals surface area (Å²) in [5, 5.41) is 15.0. The summed E-state index contributed by atoms with van der Waals surface area (Å²) in [4.78, 5) is 16.7. The van der Waals surface area contributed by atoms with E-state index in [1.165, 1.54) is 32.3 Å². The first-order valence-corrected chi connectivity index (χ1v) is 22.1. The number of carbonyl (C=O) groups is 1. The van der Waals surface area contributed by atoms with E-state index < -0.39 is 8.07 Å². The molecule has 3 aromatic carbocycles. The number of allylic oxidation sites excluding steroid dienone is 2. The normalized spacial score (nSPS) is 12.5. The predicted molar refractivity (Wildman–Crippen MR) is 226 cm³/mol. The van der Waals surface area contributed by atoms with E-state index >= 15 is 0 Å². The number of thiophene rings is 1. The summed E-state index contributed by atoms with van der Waals surface area (Å²) in [6.07, 6.45) is 6.88. The fourth-order valence-corrected chi connectivity index (χ4v) is 16.8. The summed E-state index contributed by atoms with van der Waals surface area (Å²) in [7, 11) is -2.01. The number of hydrogen-bond acceptors (Lipinski definition) is 4. The molecule has 6 heteroatoms. The number of pyridine rings is 1. The first-order chi connectivity index (χ1) is 24.2. The van der Waals surface area contributed by atoms with E-state index in [9.17, 15) is 9.90 Å². The summed E-state index contributed by atoms with van der Waals surface area (Å²) in [5.41, 5.74) is 4.71. The van der Waals surface area contributed by atoms with Gasteiger partial charge in [0.25, 0.3) is 0 Å². The molecule has 3 nitrogen and oxygen atoms in total. The number of hydrogen-bond donors (Lipinski definition) is 1. The Hall–Kier alpha value is -2.89. The number of rotatable bonds is 12. The maximum Gasteiger partial charge on any atom is 0.162 e. The molecule has 0 fully saturated rings. The summed E-state index contributed by atoms with van der Waals surface area (Å²) in [6, 6.07) is 30.6. The SMILES string of the molecule is CC(C)[Si](c1ccccc1)(c1cc2ccnc(-c3[c-]c4ccccc4c(C(C)(C)C)c3)c2s1)C(C)C.CCC(CC)C(=O)/C=C(\O)C(CC)CC.[Ir]. The minimum atomic E-state index is -2.01. The van der Waals surface area contributed by atoms with Crippen LogP contribution in [0.2, 0.25) is 11.1 Å². The number of carbonyl (C=O) groups excluding carboxylic acids is 1. The minimum absolute atomic E-state index is 0. The van der Waals surface area contributed by atoms with Gasteiger partial charge in [0.15, 0.2) is 5.78 Å². The van der Waals surface area contributed by atoms with Crippen molar-refractivity contribution in [3.8, 4) is 11.3 Å². The van der Waals surface area contributed by atoms with Crippen molar-refractivity contribution >= 4 is 55.7 Å². The van der Waals surface area contributed by atoms with Gasteiger partial charge >= 0.3 is 0 Å². The van der Waals surface area contributed by atoms with E-state index in [1.54, 1.807) is 4.50 Å². The zero-order chi connectivity index (χ0) is 37.5. The van der Waals surface area contributed by atoms with Crippen molar-refractivity contribution in [2.24, 2.45) is 11.8 Å². The average Bonchev–Trinajstić information content (AvgIpc) is 3.53. The Morgan fingerprint density at radius 1 is 0.846 bits per heavy atom. The second kappa shape index (κ2) is 18.9. The predicted octanol–water partition coefficient (Wildman–Crippen LogP) is 12.5. The van der Waals surface area contributed by atoms with Gasteiger partial charge in [0.1, 0.15) is 8.07 Å². The smallest absolute Gasteiger partial charge is 0.162 e. The maximum atomic E-state index is 11.7. The quantitative estimate of drug-likeness (QED) is 0.0587. The number of fused-ring (bicyclic) bond motifs is 2. The second-order valence-electron chi connectivity index (χ2n) is 15.6. The van der Waals surface area contributed by atoms with Crippen LogP contribution in [-0.2, 0) is 30.3 Å². The molecule has 0 amide bonds. The van der Waals surface area contributed by atoms with E-state index in [-0.39, 0.29) is 48.9 Å². The van der Waals surface area contributed by atoms with Gasteiger partial charge in [0.05, 0.1) is 5.76 Å². The summed E-state index contributed by atoms with van der Waals surface area (Å²) < 4.78 is 2.84. The van der Waals surface area contributed by atoms with Gasteiger partial charge in [0.2, 0.25) is 0 Å². The summed E-state index contributed by atoms with van der Waals surface area (Å²) in [5.74, 6) is 0.547. The van der Waals surface area contributed by atoms with Crippen molar-refractivity contribution in [2.45, 2.75) is 118 Å². The van der Waals surface area contributed by atoms with E-state index in [4.69, 9.17) is 4.98 Å². The molecular formula is C46H60IrNO2SSi-. The van der Waals surface area contributed by atoms with Crippen LogP contribution >= 0.6 is 11.3 Å². The van der Waals surface area contributed by atoms with Crippen LogP contribution in [0, 0.1) is 17.9 Å². The van der Waals surface area contributed by atoms with Crippen molar-refractivity contribution in [1.82, 2.24) is 4.98 Å². The molecule has 0 unspecified atom stereocenters. The molecule has 0 spiro atoms. The number of nitrogens with zero attached hydrogens (tertiary/aromatic N) is 1. The third kappa shape index (κ3) is 9.24. The number of aliphatic hydroxyl groups is 1. The Kier molecular flexibility index (Phi) is 15.8. The molecule has 0 saturated heterocycles. The summed E-state index contributed by atoms with van der Waals surface area (Å²) >= 11 is 1.98. The molecule has 0 aliphatic rings. The maximum absolute atomic E-state index is 11.7. The van der Waals surface area contributed by atoms with Gasteiger partial charge in [-0.05, 0) is 64.2 Å². The van der Waals surface area contributed by atoms with Crippen LogP contribution < -0.4 is 9.69 Å². The second-order valence-corrected chi connectivity index (χ2v) is 22.2. The van der Waals surface area contributed by atoms with Crippen LogP contribution in [0.1, 0.15) is 107 Å². The molecule has 1 N–H and O–H groups in total. The van der Waals surface area contributed by atoms with E-state index in [1.807, 2.05) is 45.2 Å². The topological polar surface area (TPSA) is 50.2 Å². The third-order valence-electron chi connectivity index (χ3n) is 10.8. The number of benzene rings is 3. The Bertz CT molecular complexity index is 1920. The van der Waals surface area contributed by atoms with Gasteiger partial charge in [-0.15, -0.1) is 29.1 Å². The average molecular weight is 911 g/mol. The molecule has 5 rings (SSSR count). The van der Waals surface area contributed by atoms with Crippen molar-refractivity contribution in [2.75, 3.05) is 0 Å². The number of aromatic nitrogens is 1. The molecule has 2 heterocycles. The Morgan fingerprint density at radius 3 is 1.98 bits per heavy atom. The van der Waals surface area contributed by atoms with E-state index in [2.05, 4.69) is 127 Å². The van der Waals surface area contributed by atoms with Crippen LogP contribution in [0.5, 0.6) is 0 Å². The molecule has 0 atom stereocenters. The Labute approximate surface area is 332 Å². The van der Waals surface area contributed by atoms with Gasteiger partial charge in [-0.1, -0.05) is 141 Å². The zero-order valence-corrected chi connectivity index (χ0v) is 37.5. The van der Waals surface area contributed by atoms with Crippen LogP contribution in [0.4, 0.5) is 0 Å². The first-order valence-electron chi connectivity index (χ1n) is 19.1. The molecule has 0 saturated carbocycles. The van der Waals surface area contributed by atoms with Gasteiger partial charge in [0, 0.05) is 54.6 Å². The minimum Gasteiger partial charge on any atom is -0.512 e. The van der Waals surface area contributed by atoms with Crippen LogP contribution in [0.3, 0.4) is 0 Å². The molecule has 0 aliphatic carbocycles. The van der Waals surface area contributed by atoms with Gasteiger partial charge < -0.3 is 5.11 Å². The molecule has 0 aliphatic heterocycles. The van der Waals surface area contributed by atoms with Crippen LogP contribution in [0.25, 0.3) is 32.1 Å². The fraction of sp³-hybridized carbons (Fsp3) is 0.435. The van der Waals surface area contributed by atoms with Crippen LogP contribution in [0.15, 0.2) is 90.8 Å². The standard InChI is InChI=1S/C33H36NSSi.C13H24O2.Ir/c1-22(2)36(23(3)4,27-14-9-8-10-15-27)30-21-25-17-18-34-31(32(25)35-30)26-19-24-13-11-12-16-28(24)29(20-26)33(5,6)7;1-5-10(6-2)12(14)9-13(15)11(7-3)8-4;/h8-18,20-23H,1-7H3;9-11,14H,5-8H2,1-4H3;/q-1;;/b;12-9-;.